The highest BCUT2D eigenvalue weighted by molar-refractivity contribution is 5.85. The van der Waals surface area contributed by atoms with Gasteiger partial charge in [0.25, 0.3) is 0 Å². The van der Waals surface area contributed by atoms with Crippen molar-refractivity contribution in [3.05, 3.63) is 42.1 Å². The van der Waals surface area contributed by atoms with E-state index in [4.69, 9.17) is 5.11 Å². The first-order valence-corrected chi connectivity index (χ1v) is 3.84. The van der Waals surface area contributed by atoms with E-state index in [9.17, 15) is 0 Å². The number of benzene rings is 1. The van der Waals surface area contributed by atoms with Crippen LogP contribution in [0.5, 0.6) is 0 Å². The average Bonchev–Trinajstić information content (AvgIpc) is 2.17. The monoisotopic (exact) mass is 195 g/mol. The molecule has 0 aliphatic heterocycles. The van der Waals surface area contributed by atoms with Crippen LogP contribution in [-0.2, 0) is 6.61 Å². The largest absolute Gasteiger partial charge is 0.392 e. The second-order valence-electron chi connectivity index (χ2n) is 2.69. The first-order valence-electron chi connectivity index (χ1n) is 3.84. The summed E-state index contributed by atoms with van der Waals surface area (Å²) in [5.41, 5.74) is 1.89. The number of nitrogens with zero attached hydrogens (tertiary/aromatic N) is 1. The number of halogens is 1. The summed E-state index contributed by atoms with van der Waals surface area (Å²) < 4.78 is 0. The molecule has 0 saturated heterocycles. The molecule has 0 amide bonds. The minimum absolute atomic E-state index is 0. The van der Waals surface area contributed by atoms with Crippen molar-refractivity contribution in [2.75, 3.05) is 0 Å². The molecule has 68 valence electrons. The number of hydrogen-bond donors (Lipinski definition) is 1. The molecule has 1 aromatic carbocycles. The number of pyridine rings is 1. The van der Waals surface area contributed by atoms with Gasteiger partial charge in [0.05, 0.1) is 12.1 Å². The van der Waals surface area contributed by atoms with Crippen molar-refractivity contribution in [1.82, 2.24) is 4.98 Å². The van der Waals surface area contributed by atoms with Gasteiger partial charge in [-0.1, -0.05) is 12.1 Å². The van der Waals surface area contributed by atoms with Crippen molar-refractivity contribution in [3.63, 3.8) is 0 Å². The minimum Gasteiger partial charge on any atom is -0.392 e. The highest BCUT2D eigenvalue weighted by atomic mass is 35.5. The van der Waals surface area contributed by atoms with E-state index < -0.39 is 0 Å². The fourth-order valence-corrected chi connectivity index (χ4v) is 1.22. The van der Waals surface area contributed by atoms with Crippen molar-refractivity contribution in [1.29, 1.82) is 0 Å². The number of hydrogen-bond acceptors (Lipinski definition) is 2. The molecule has 0 saturated carbocycles. The predicted molar refractivity (Wildman–Crippen MR) is 54.9 cm³/mol. The van der Waals surface area contributed by atoms with Gasteiger partial charge in [-0.3, -0.25) is 4.98 Å². The van der Waals surface area contributed by atoms with Crippen molar-refractivity contribution in [3.8, 4) is 0 Å². The number of aromatic nitrogens is 1. The van der Waals surface area contributed by atoms with Gasteiger partial charge in [-0.2, -0.15) is 0 Å². The van der Waals surface area contributed by atoms with Crippen molar-refractivity contribution in [2.45, 2.75) is 6.61 Å². The van der Waals surface area contributed by atoms with Crippen LogP contribution >= 0.6 is 12.4 Å². The first kappa shape index (κ1) is 9.96. The third-order valence-electron chi connectivity index (χ3n) is 1.85. The zero-order valence-electron chi connectivity index (χ0n) is 6.97. The molecule has 2 rings (SSSR count). The molecule has 2 nitrogen and oxygen atoms in total. The van der Waals surface area contributed by atoms with Crippen LogP contribution in [0.25, 0.3) is 10.9 Å². The summed E-state index contributed by atoms with van der Waals surface area (Å²) in [6, 6.07) is 9.63. The number of fused-ring (bicyclic) bond motifs is 1. The molecular weight excluding hydrogens is 186 g/mol. The second kappa shape index (κ2) is 4.21. The lowest BCUT2D eigenvalue weighted by Gasteiger charge is -1.98. The molecule has 0 radical (unpaired) electrons. The Balaban J connectivity index is 0.000000845. The molecule has 0 bridgehead atoms. The molecule has 0 fully saturated rings. The molecule has 0 unspecified atom stereocenters. The lowest BCUT2D eigenvalue weighted by Crippen LogP contribution is -1.83. The molecule has 13 heavy (non-hydrogen) atoms. The Morgan fingerprint density at radius 3 is 2.85 bits per heavy atom. The number of aliphatic hydroxyl groups excluding tert-OH is 1. The second-order valence-corrected chi connectivity index (χ2v) is 2.69. The Hall–Kier alpha value is -1.12. The molecule has 0 aliphatic rings. The lowest BCUT2D eigenvalue weighted by atomic mass is 10.1. The summed E-state index contributed by atoms with van der Waals surface area (Å²) >= 11 is 0. The Labute approximate surface area is 82.6 Å². The molecule has 1 heterocycles. The fourth-order valence-electron chi connectivity index (χ4n) is 1.22. The van der Waals surface area contributed by atoms with Crippen LogP contribution in [0, 0.1) is 0 Å². The zero-order valence-corrected chi connectivity index (χ0v) is 7.79. The molecule has 2 aromatic rings. The van der Waals surface area contributed by atoms with E-state index in [1.807, 2.05) is 30.3 Å². The molecule has 0 aliphatic carbocycles. The maximum absolute atomic E-state index is 8.88. The highest BCUT2D eigenvalue weighted by Crippen LogP contribution is 2.12. The molecule has 1 aromatic heterocycles. The van der Waals surface area contributed by atoms with Crippen molar-refractivity contribution < 1.29 is 5.11 Å². The topological polar surface area (TPSA) is 33.1 Å². The quantitative estimate of drug-likeness (QED) is 0.757. The molecule has 3 heteroatoms. The Bertz CT molecular complexity index is 403. The van der Waals surface area contributed by atoms with Gasteiger partial charge < -0.3 is 5.11 Å². The van der Waals surface area contributed by atoms with E-state index in [1.165, 1.54) is 0 Å². The summed E-state index contributed by atoms with van der Waals surface area (Å²) in [6.45, 7) is 0.0881. The molecule has 1 N–H and O–H groups in total. The van der Waals surface area contributed by atoms with Gasteiger partial charge in [0.2, 0.25) is 0 Å². The van der Waals surface area contributed by atoms with Crippen molar-refractivity contribution in [2.24, 2.45) is 0 Å². The van der Waals surface area contributed by atoms with Crippen molar-refractivity contribution >= 4 is 23.3 Å². The summed E-state index contributed by atoms with van der Waals surface area (Å²) in [5, 5.41) is 9.95. The smallest absolute Gasteiger partial charge is 0.0702 e. The molecule has 0 atom stereocenters. The SMILES string of the molecule is Cl.OCc1ccc2ncccc2c1. The third kappa shape index (κ3) is 1.97. The van der Waals surface area contributed by atoms with Crippen LogP contribution in [0.15, 0.2) is 36.5 Å². The van der Waals surface area contributed by atoms with Gasteiger partial charge in [-0.25, -0.2) is 0 Å². The molecule has 0 spiro atoms. The third-order valence-corrected chi connectivity index (χ3v) is 1.85. The molecular formula is C10H10ClNO. The lowest BCUT2D eigenvalue weighted by molar-refractivity contribution is 0.282. The Kier molecular flexibility index (Phi) is 3.23. The Morgan fingerprint density at radius 1 is 1.23 bits per heavy atom. The highest BCUT2D eigenvalue weighted by Gasteiger charge is 1.94. The maximum atomic E-state index is 8.88. The average molecular weight is 196 g/mol. The predicted octanol–water partition coefficient (Wildman–Crippen LogP) is 2.15. The van der Waals surface area contributed by atoms with Crippen LogP contribution < -0.4 is 0 Å². The first-order chi connectivity index (χ1) is 5.90. The number of aliphatic hydroxyl groups is 1. The summed E-state index contributed by atoms with van der Waals surface area (Å²) in [7, 11) is 0. The van der Waals surface area contributed by atoms with Gasteiger partial charge >= 0.3 is 0 Å². The summed E-state index contributed by atoms with van der Waals surface area (Å²) in [6.07, 6.45) is 1.76. The van der Waals surface area contributed by atoms with Crippen LogP contribution in [0.4, 0.5) is 0 Å². The van der Waals surface area contributed by atoms with E-state index >= 15 is 0 Å². The van der Waals surface area contributed by atoms with Crippen LogP contribution in [0.1, 0.15) is 5.56 Å². The summed E-state index contributed by atoms with van der Waals surface area (Å²) in [4.78, 5) is 4.17. The van der Waals surface area contributed by atoms with E-state index in [2.05, 4.69) is 4.98 Å². The van der Waals surface area contributed by atoms with E-state index in [0.717, 1.165) is 16.5 Å². The standard InChI is InChI=1S/C10H9NO.ClH/c12-7-8-3-4-10-9(6-8)2-1-5-11-10;/h1-6,12H,7H2;1H. The van der Waals surface area contributed by atoms with E-state index in [-0.39, 0.29) is 19.0 Å². The van der Waals surface area contributed by atoms with Gasteiger partial charge in [-0.15, -0.1) is 12.4 Å². The normalized spacial score (nSPS) is 9.62. The van der Waals surface area contributed by atoms with E-state index in [1.54, 1.807) is 6.20 Å². The maximum Gasteiger partial charge on any atom is 0.0702 e. The fraction of sp³-hybridized carbons (Fsp3) is 0.100. The van der Waals surface area contributed by atoms with Gasteiger partial charge in [0.1, 0.15) is 0 Å². The Morgan fingerprint density at radius 2 is 2.08 bits per heavy atom. The van der Waals surface area contributed by atoms with Gasteiger partial charge in [0.15, 0.2) is 0 Å². The van der Waals surface area contributed by atoms with Crippen LogP contribution in [0.2, 0.25) is 0 Å². The van der Waals surface area contributed by atoms with Gasteiger partial charge in [0, 0.05) is 11.6 Å². The van der Waals surface area contributed by atoms with E-state index in [0.29, 0.717) is 0 Å². The summed E-state index contributed by atoms with van der Waals surface area (Å²) in [5.74, 6) is 0. The van der Waals surface area contributed by atoms with Gasteiger partial charge in [-0.05, 0) is 23.8 Å². The van der Waals surface area contributed by atoms with Crippen LogP contribution in [-0.4, -0.2) is 10.1 Å². The minimum atomic E-state index is 0. The van der Waals surface area contributed by atoms with Crippen LogP contribution in [0.3, 0.4) is 0 Å². The number of rotatable bonds is 1. The zero-order chi connectivity index (χ0) is 8.39.